The first-order valence-electron chi connectivity index (χ1n) is 13.3. The largest absolute Gasteiger partial charge is 0.508 e. The van der Waals surface area contributed by atoms with Gasteiger partial charge in [-0.2, -0.15) is 0 Å². The summed E-state index contributed by atoms with van der Waals surface area (Å²) in [4.78, 5) is 16.1. The molecule has 0 aliphatic heterocycles. The Hall–Kier alpha value is -4.05. The molecule has 0 spiro atoms. The second-order valence-electron chi connectivity index (χ2n) is 9.71. The molecule has 1 heterocycles. The number of aromatic amines is 1. The van der Waals surface area contributed by atoms with E-state index in [9.17, 15) is 20.1 Å². The smallest absolute Gasteiger partial charge is 0.268 e. The number of benzene rings is 3. The number of H-pyrrole nitrogens is 1. The Labute approximate surface area is 233 Å². The van der Waals surface area contributed by atoms with Gasteiger partial charge in [-0.1, -0.05) is 25.1 Å². The van der Waals surface area contributed by atoms with E-state index in [0.29, 0.717) is 34.9 Å². The molecule has 212 valence electrons. The van der Waals surface area contributed by atoms with E-state index in [-0.39, 0.29) is 30.9 Å². The molecule has 0 unspecified atom stereocenters. The number of ether oxygens (including phenoxy) is 2. The van der Waals surface area contributed by atoms with Crippen molar-refractivity contribution >= 4 is 16.8 Å². The second kappa shape index (κ2) is 13.3. The van der Waals surface area contributed by atoms with Gasteiger partial charge in [0, 0.05) is 29.1 Å². The number of fused-ring (bicyclic) bond motifs is 1. The third-order valence-corrected chi connectivity index (χ3v) is 7.12. The van der Waals surface area contributed by atoms with Crippen molar-refractivity contribution in [1.29, 1.82) is 0 Å². The average molecular weight is 548 g/mol. The van der Waals surface area contributed by atoms with Crippen LogP contribution in [0, 0.1) is 0 Å². The molecule has 0 fully saturated rings. The van der Waals surface area contributed by atoms with Crippen molar-refractivity contribution in [3.05, 3.63) is 88.6 Å². The normalized spacial score (nSPS) is 12.7. The monoisotopic (exact) mass is 547 g/mol. The highest BCUT2D eigenvalue weighted by atomic mass is 16.5. The highest BCUT2D eigenvalue weighted by molar-refractivity contribution is 5.98. The summed E-state index contributed by atoms with van der Waals surface area (Å²) in [6.45, 7) is 2.39. The minimum absolute atomic E-state index is 0.00953. The first-order chi connectivity index (χ1) is 19.4. The second-order valence-corrected chi connectivity index (χ2v) is 9.71. The van der Waals surface area contributed by atoms with E-state index in [1.807, 2.05) is 36.4 Å². The van der Waals surface area contributed by atoms with Gasteiger partial charge in [-0.25, -0.2) is 0 Å². The molecule has 2 atom stereocenters. The van der Waals surface area contributed by atoms with Gasteiger partial charge in [0.25, 0.3) is 5.91 Å². The molecule has 4 aromatic rings. The summed E-state index contributed by atoms with van der Waals surface area (Å²) >= 11 is 0. The van der Waals surface area contributed by atoms with E-state index in [4.69, 9.17) is 9.47 Å². The standard InChI is InChI=1S/C31H37N3O6/c1-4-23(32-17-28(37)20-9-11-27(36)22(14-20)18-35)13-19-8-10-25-21(12-19)15-26(34-25)31(38)33-16-24-29(39-2)6-5-7-30(24)40-3/h5-12,14-15,23,28,32,34-37H,4,13,16-18H2,1-3H3,(H,33,38)/t23-,28+/m1/s1. The van der Waals surface area contributed by atoms with Gasteiger partial charge < -0.3 is 40.4 Å². The van der Waals surface area contributed by atoms with E-state index in [2.05, 4.69) is 28.6 Å². The Morgan fingerprint density at radius 2 is 1.77 bits per heavy atom. The van der Waals surface area contributed by atoms with Crippen LogP contribution in [-0.2, 0) is 19.6 Å². The highest BCUT2D eigenvalue weighted by Crippen LogP contribution is 2.28. The van der Waals surface area contributed by atoms with E-state index in [1.54, 1.807) is 26.4 Å². The number of carbonyl (C=O) groups is 1. The fourth-order valence-corrected chi connectivity index (χ4v) is 4.78. The zero-order valence-electron chi connectivity index (χ0n) is 23.0. The van der Waals surface area contributed by atoms with Crippen LogP contribution in [0.3, 0.4) is 0 Å². The number of methoxy groups -OCH3 is 2. The molecule has 0 saturated carbocycles. The van der Waals surface area contributed by atoms with E-state index in [1.165, 1.54) is 6.07 Å². The number of rotatable bonds is 13. The number of amides is 1. The summed E-state index contributed by atoms with van der Waals surface area (Å²) in [5.74, 6) is 1.07. The molecule has 9 nitrogen and oxygen atoms in total. The molecule has 9 heteroatoms. The van der Waals surface area contributed by atoms with Gasteiger partial charge in [0.15, 0.2) is 0 Å². The molecule has 3 aromatic carbocycles. The lowest BCUT2D eigenvalue weighted by Crippen LogP contribution is -2.34. The Bertz CT molecular complexity index is 1430. The minimum Gasteiger partial charge on any atom is -0.508 e. The molecule has 0 saturated heterocycles. The quantitative estimate of drug-likeness (QED) is 0.149. The van der Waals surface area contributed by atoms with Crippen molar-refractivity contribution in [2.45, 2.75) is 45.1 Å². The zero-order valence-corrected chi connectivity index (χ0v) is 23.0. The zero-order chi connectivity index (χ0) is 28.6. The summed E-state index contributed by atoms with van der Waals surface area (Å²) < 4.78 is 10.8. The molecule has 1 amide bonds. The van der Waals surface area contributed by atoms with E-state index < -0.39 is 6.10 Å². The maximum Gasteiger partial charge on any atom is 0.268 e. The van der Waals surface area contributed by atoms with Crippen LogP contribution in [0.4, 0.5) is 0 Å². The van der Waals surface area contributed by atoms with Gasteiger partial charge in [-0.15, -0.1) is 0 Å². The topological polar surface area (TPSA) is 136 Å². The molecule has 0 aliphatic carbocycles. The Morgan fingerprint density at radius 3 is 2.45 bits per heavy atom. The van der Waals surface area contributed by atoms with Crippen LogP contribution < -0.4 is 20.1 Å². The van der Waals surface area contributed by atoms with Crippen molar-refractivity contribution in [3.63, 3.8) is 0 Å². The summed E-state index contributed by atoms with van der Waals surface area (Å²) in [5, 5.41) is 37.1. The molecular formula is C31H37N3O6. The van der Waals surface area contributed by atoms with Crippen LogP contribution in [0.5, 0.6) is 17.2 Å². The predicted molar refractivity (Wildman–Crippen MR) is 154 cm³/mol. The molecule has 40 heavy (non-hydrogen) atoms. The third-order valence-electron chi connectivity index (χ3n) is 7.12. The van der Waals surface area contributed by atoms with Crippen LogP contribution >= 0.6 is 0 Å². The van der Waals surface area contributed by atoms with Crippen LogP contribution in [0.15, 0.2) is 60.7 Å². The summed E-state index contributed by atoms with van der Waals surface area (Å²) in [6.07, 6.45) is 0.829. The fraction of sp³-hybridized carbons (Fsp3) is 0.323. The van der Waals surface area contributed by atoms with E-state index in [0.717, 1.165) is 34.9 Å². The molecule has 0 radical (unpaired) electrons. The van der Waals surface area contributed by atoms with Gasteiger partial charge >= 0.3 is 0 Å². The van der Waals surface area contributed by atoms with Gasteiger partial charge in [0.2, 0.25) is 0 Å². The Morgan fingerprint density at radius 1 is 1.02 bits per heavy atom. The predicted octanol–water partition coefficient (Wildman–Crippen LogP) is 3.96. The number of aromatic hydroxyl groups is 1. The lowest BCUT2D eigenvalue weighted by atomic mass is 10.0. The number of hydrogen-bond acceptors (Lipinski definition) is 7. The number of phenols is 1. The molecule has 1 aromatic heterocycles. The van der Waals surface area contributed by atoms with Gasteiger partial charge in [0.05, 0.1) is 39.0 Å². The van der Waals surface area contributed by atoms with Crippen molar-refractivity contribution < 1.29 is 29.6 Å². The van der Waals surface area contributed by atoms with Crippen LogP contribution in [0.1, 0.15) is 52.2 Å². The molecule has 6 N–H and O–H groups in total. The number of aliphatic hydroxyl groups excluding tert-OH is 2. The van der Waals surface area contributed by atoms with Crippen LogP contribution in [0.25, 0.3) is 10.9 Å². The number of carbonyl (C=O) groups excluding carboxylic acids is 1. The lowest BCUT2D eigenvalue weighted by molar-refractivity contribution is 0.0946. The van der Waals surface area contributed by atoms with E-state index >= 15 is 0 Å². The SMILES string of the molecule is CC[C@H](Cc1ccc2[nH]c(C(=O)NCc3c(OC)cccc3OC)cc2c1)NC[C@H](O)c1ccc(O)c(CO)c1. The number of nitrogens with one attached hydrogen (secondary N) is 3. The molecule has 0 aliphatic rings. The average Bonchev–Trinajstić information content (AvgIpc) is 3.41. The van der Waals surface area contributed by atoms with Crippen molar-refractivity contribution in [3.8, 4) is 17.2 Å². The summed E-state index contributed by atoms with van der Waals surface area (Å²) in [6, 6.07) is 18.3. The maximum atomic E-state index is 12.9. The highest BCUT2D eigenvalue weighted by Gasteiger charge is 2.16. The Balaban J connectivity index is 1.38. The van der Waals surface area contributed by atoms with Gasteiger partial charge in [-0.05, 0) is 66.4 Å². The first-order valence-corrected chi connectivity index (χ1v) is 13.3. The number of hydrogen-bond donors (Lipinski definition) is 6. The van der Waals surface area contributed by atoms with Crippen molar-refractivity contribution in [1.82, 2.24) is 15.6 Å². The fourth-order valence-electron chi connectivity index (χ4n) is 4.78. The van der Waals surface area contributed by atoms with Crippen molar-refractivity contribution in [2.75, 3.05) is 20.8 Å². The lowest BCUT2D eigenvalue weighted by Gasteiger charge is -2.20. The molecule has 0 bridgehead atoms. The maximum absolute atomic E-state index is 12.9. The molecule has 4 rings (SSSR count). The number of aromatic nitrogens is 1. The first kappa shape index (κ1) is 28.9. The third kappa shape index (κ3) is 6.74. The summed E-state index contributed by atoms with van der Waals surface area (Å²) in [5.41, 5.74) is 4.22. The molecular weight excluding hydrogens is 510 g/mol. The van der Waals surface area contributed by atoms with Gasteiger partial charge in [-0.3, -0.25) is 4.79 Å². The number of aliphatic hydroxyl groups is 2. The van der Waals surface area contributed by atoms with Crippen molar-refractivity contribution in [2.24, 2.45) is 0 Å². The van der Waals surface area contributed by atoms with Crippen LogP contribution in [-0.4, -0.2) is 53.0 Å². The van der Waals surface area contributed by atoms with Crippen LogP contribution in [0.2, 0.25) is 0 Å². The minimum atomic E-state index is -0.774. The summed E-state index contributed by atoms with van der Waals surface area (Å²) in [7, 11) is 3.17. The van der Waals surface area contributed by atoms with Gasteiger partial charge in [0.1, 0.15) is 22.9 Å². The Kier molecular flexibility index (Phi) is 9.65.